The topological polar surface area (TPSA) is 102 Å². The van der Waals surface area contributed by atoms with Gasteiger partial charge >= 0.3 is 0 Å². The minimum Gasteiger partial charge on any atom is -0.493 e. The van der Waals surface area contributed by atoms with Gasteiger partial charge in [-0.2, -0.15) is 0 Å². The van der Waals surface area contributed by atoms with Crippen LogP contribution in [0.5, 0.6) is 11.5 Å². The third-order valence-corrected chi connectivity index (χ3v) is 5.61. The molecule has 2 aromatic heterocycles. The van der Waals surface area contributed by atoms with E-state index >= 15 is 0 Å². The van der Waals surface area contributed by atoms with Crippen molar-refractivity contribution in [1.82, 2.24) is 14.9 Å². The summed E-state index contributed by atoms with van der Waals surface area (Å²) in [5.41, 5.74) is 0.120. The summed E-state index contributed by atoms with van der Waals surface area (Å²) in [6.45, 7) is 2.41. The van der Waals surface area contributed by atoms with Gasteiger partial charge in [0.2, 0.25) is 5.91 Å². The molecule has 1 aromatic carbocycles. The second-order valence-corrected chi connectivity index (χ2v) is 7.49. The van der Waals surface area contributed by atoms with Gasteiger partial charge in [0.25, 0.3) is 5.56 Å². The molecule has 0 aliphatic heterocycles. The Morgan fingerprint density at radius 2 is 1.90 bits per heavy atom. The molecule has 1 N–H and O–H groups in total. The fourth-order valence-electron chi connectivity index (χ4n) is 3.09. The molecule has 0 unspecified atom stereocenters. The number of ketones is 1. The Balaban J connectivity index is 1.76. The highest BCUT2D eigenvalue weighted by molar-refractivity contribution is 7.12. The van der Waals surface area contributed by atoms with Crippen molar-refractivity contribution in [2.24, 2.45) is 0 Å². The maximum Gasteiger partial charge on any atom is 0.258 e. The first-order valence-electron chi connectivity index (χ1n) is 9.46. The predicted octanol–water partition coefficient (Wildman–Crippen LogP) is 3.01. The fraction of sp³-hybridized carbons (Fsp3) is 0.333. The lowest BCUT2D eigenvalue weighted by molar-refractivity contribution is -0.131. The lowest BCUT2D eigenvalue weighted by Crippen LogP contribution is -2.32. The number of hydrogen-bond donors (Lipinski definition) is 1. The van der Waals surface area contributed by atoms with Crippen molar-refractivity contribution in [3.8, 4) is 11.5 Å². The average Bonchev–Trinajstić information content (AvgIpc) is 3.29. The van der Waals surface area contributed by atoms with Crippen LogP contribution in [0, 0.1) is 0 Å². The number of fused-ring (bicyclic) bond motifs is 1. The molecule has 0 fully saturated rings. The van der Waals surface area contributed by atoms with E-state index < -0.39 is 0 Å². The van der Waals surface area contributed by atoms with Gasteiger partial charge in [-0.3, -0.25) is 14.4 Å². The number of hydrogen-bond acceptors (Lipinski definition) is 7. The summed E-state index contributed by atoms with van der Waals surface area (Å²) in [6.07, 6.45) is 0.252. The van der Waals surface area contributed by atoms with E-state index in [0.29, 0.717) is 39.6 Å². The molecule has 0 aliphatic carbocycles. The first-order chi connectivity index (χ1) is 14.5. The molecule has 9 heteroatoms. The van der Waals surface area contributed by atoms with Crippen LogP contribution in [-0.2, 0) is 11.3 Å². The van der Waals surface area contributed by atoms with Crippen LogP contribution in [0.1, 0.15) is 35.3 Å². The van der Waals surface area contributed by atoms with Crippen molar-refractivity contribution in [2.75, 3.05) is 20.8 Å². The van der Waals surface area contributed by atoms with Crippen molar-refractivity contribution in [2.45, 2.75) is 26.3 Å². The molecule has 0 spiro atoms. The fourth-order valence-corrected chi connectivity index (χ4v) is 3.78. The van der Waals surface area contributed by atoms with E-state index in [1.54, 1.807) is 23.1 Å². The highest BCUT2D eigenvalue weighted by atomic mass is 32.1. The van der Waals surface area contributed by atoms with Crippen molar-refractivity contribution in [3.05, 3.63) is 50.7 Å². The van der Waals surface area contributed by atoms with E-state index in [0.717, 1.165) is 0 Å². The third-order valence-electron chi connectivity index (χ3n) is 4.70. The van der Waals surface area contributed by atoms with E-state index in [9.17, 15) is 14.4 Å². The average molecular weight is 429 g/mol. The smallest absolute Gasteiger partial charge is 0.258 e. The highest BCUT2D eigenvalue weighted by Gasteiger charge is 2.17. The van der Waals surface area contributed by atoms with E-state index in [1.165, 1.54) is 25.6 Å². The number of aromatic nitrogens is 2. The van der Waals surface area contributed by atoms with Gasteiger partial charge in [-0.1, -0.05) is 6.07 Å². The molecule has 30 heavy (non-hydrogen) atoms. The van der Waals surface area contributed by atoms with Crippen LogP contribution in [-0.4, -0.2) is 47.3 Å². The summed E-state index contributed by atoms with van der Waals surface area (Å²) in [5, 5.41) is 2.20. The summed E-state index contributed by atoms with van der Waals surface area (Å²) in [5.74, 6) is 1.04. The number of amides is 1. The Morgan fingerprint density at radius 1 is 1.17 bits per heavy atom. The Labute approximate surface area is 177 Å². The third kappa shape index (κ3) is 4.68. The van der Waals surface area contributed by atoms with Crippen molar-refractivity contribution < 1.29 is 19.1 Å². The number of aromatic amines is 1. The number of carbonyl (C=O) groups is 2. The van der Waals surface area contributed by atoms with Crippen LogP contribution in [0.2, 0.25) is 0 Å². The first-order valence-corrected chi connectivity index (χ1v) is 10.3. The van der Waals surface area contributed by atoms with Crippen LogP contribution in [0.4, 0.5) is 0 Å². The van der Waals surface area contributed by atoms with Gasteiger partial charge in [0.15, 0.2) is 17.3 Å². The number of rotatable bonds is 9. The van der Waals surface area contributed by atoms with Gasteiger partial charge in [-0.05, 0) is 24.4 Å². The first kappa shape index (κ1) is 21.5. The van der Waals surface area contributed by atoms with E-state index in [4.69, 9.17) is 9.47 Å². The molecule has 1 amide bonds. The zero-order valence-corrected chi connectivity index (χ0v) is 17.9. The Kier molecular flexibility index (Phi) is 6.83. The molecule has 3 rings (SSSR count). The molecule has 0 bridgehead atoms. The van der Waals surface area contributed by atoms with E-state index in [2.05, 4.69) is 9.97 Å². The monoisotopic (exact) mass is 429 g/mol. The Bertz CT molecular complexity index is 1110. The lowest BCUT2D eigenvalue weighted by Gasteiger charge is -2.20. The molecule has 0 saturated carbocycles. The van der Waals surface area contributed by atoms with E-state index in [-0.39, 0.29) is 36.6 Å². The highest BCUT2D eigenvalue weighted by Crippen LogP contribution is 2.30. The number of benzene rings is 1. The minimum atomic E-state index is -0.327. The normalized spacial score (nSPS) is 10.8. The van der Waals surface area contributed by atoms with Crippen LogP contribution in [0.15, 0.2) is 34.4 Å². The number of methoxy groups -OCH3 is 2. The molecule has 0 aliphatic rings. The zero-order chi connectivity index (χ0) is 21.7. The van der Waals surface area contributed by atoms with Crippen LogP contribution >= 0.6 is 11.3 Å². The molecule has 0 radical (unpaired) electrons. The quantitative estimate of drug-likeness (QED) is 0.525. The number of thiophene rings is 1. The van der Waals surface area contributed by atoms with Crippen molar-refractivity contribution in [1.29, 1.82) is 0 Å². The van der Waals surface area contributed by atoms with Crippen LogP contribution in [0.3, 0.4) is 0 Å². The zero-order valence-electron chi connectivity index (χ0n) is 17.1. The second kappa shape index (κ2) is 9.53. The molecule has 2 heterocycles. The Hall–Kier alpha value is -3.20. The van der Waals surface area contributed by atoms with Crippen molar-refractivity contribution in [3.63, 3.8) is 0 Å². The largest absolute Gasteiger partial charge is 0.493 e. The van der Waals surface area contributed by atoms with Gasteiger partial charge in [0.1, 0.15) is 5.82 Å². The minimum absolute atomic E-state index is 0.0484. The summed E-state index contributed by atoms with van der Waals surface area (Å²) < 4.78 is 10.5. The van der Waals surface area contributed by atoms with E-state index in [1.807, 2.05) is 18.4 Å². The standard InChI is InChI=1S/C21H23N3O5S/c1-4-24(20(26)8-7-15(25)18-6-5-9-30-18)12-19-22-14-11-17(29-3)16(28-2)10-13(14)21(27)23-19/h5-6,9-11H,4,7-8,12H2,1-3H3,(H,22,23,27). The molecule has 158 valence electrons. The lowest BCUT2D eigenvalue weighted by atomic mass is 10.1. The maximum atomic E-state index is 12.6. The van der Waals surface area contributed by atoms with Gasteiger partial charge in [-0.25, -0.2) is 4.98 Å². The summed E-state index contributed by atoms with van der Waals surface area (Å²) >= 11 is 1.36. The summed E-state index contributed by atoms with van der Waals surface area (Å²) in [4.78, 5) is 46.7. The molecular weight excluding hydrogens is 406 g/mol. The van der Waals surface area contributed by atoms with Gasteiger partial charge in [-0.15, -0.1) is 11.3 Å². The second-order valence-electron chi connectivity index (χ2n) is 6.55. The number of ether oxygens (including phenoxy) is 2. The Morgan fingerprint density at radius 3 is 2.53 bits per heavy atom. The molecule has 0 saturated heterocycles. The maximum absolute atomic E-state index is 12.6. The van der Waals surface area contributed by atoms with Crippen LogP contribution in [0.25, 0.3) is 10.9 Å². The molecular formula is C21H23N3O5S. The number of nitrogens with zero attached hydrogens (tertiary/aromatic N) is 2. The van der Waals surface area contributed by atoms with Gasteiger partial charge < -0.3 is 19.4 Å². The van der Waals surface area contributed by atoms with Gasteiger partial charge in [0.05, 0.1) is 36.5 Å². The summed E-state index contributed by atoms with van der Waals surface area (Å²) in [6, 6.07) is 6.76. The molecule has 8 nitrogen and oxygen atoms in total. The molecule has 3 aromatic rings. The number of nitrogens with one attached hydrogen (secondary N) is 1. The van der Waals surface area contributed by atoms with Crippen LogP contribution < -0.4 is 15.0 Å². The number of H-pyrrole nitrogens is 1. The number of carbonyl (C=O) groups excluding carboxylic acids is 2. The summed E-state index contributed by atoms with van der Waals surface area (Å²) in [7, 11) is 3.00. The van der Waals surface area contributed by atoms with Crippen molar-refractivity contribution >= 4 is 33.9 Å². The van der Waals surface area contributed by atoms with Gasteiger partial charge in [0, 0.05) is 25.5 Å². The number of Topliss-reactive ketones (excluding diaryl/α,β-unsaturated/α-hetero) is 1. The SMILES string of the molecule is CCN(Cc1nc2cc(OC)c(OC)cc2c(=O)[nH]1)C(=O)CCC(=O)c1cccs1. The molecule has 0 atom stereocenters. The predicted molar refractivity (Wildman–Crippen MR) is 114 cm³/mol.